The zero-order valence-corrected chi connectivity index (χ0v) is 23.8. The summed E-state index contributed by atoms with van der Waals surface area (Å²) in [6, 6.07) is 21.3. The van der Waals surface area contributed by atoms with Crippen molar-refractivity contribution in [1.29, 1.82) is 0 Å². The van der Waals surface area contributed by atoms with Crippen molar-refractivity contribution in [2.24, 2.45) is 0 Å². The van der Waals surface area contributed by atoms with E-state index in [0.717, 1.165) is 21.9 Å². The summed E-state index contributed by atoms with van der Waals surface area (Å²) >= 11 is 0. The molecular weight excluding hydrogens is 514 g/mol. The van der Waals surface area contributed by atoms with E-state index in [-0.39, 0.29) is 17.3 Å². The minimum Gasteiger partial charge on any atom is -0.494 e. The minimum absolute atomic E-state index is 0.0610. The molecule has 8 nitrogen and oxygen atoms in total. The van der Waals surface area contributed by atoms with Crippen LogP contribution in [0.2, 0.25) is 0 Å². The van der Waals surface area contributed by atoms with Crippen molar-refractivity contribution in [2.75, 3.05) is 24.0 Å². The van der Waals surface area contributed by atoms with E-state index in [1.807, 2.05) is 45.0 Å². The fraction of sp³-hybridized carbons (Fsp3) is 0.333. The van der Waals surface area contributed by atoms with Gasteiger partial charge >= 0.3 is 0 Å². The van der Waals surface area contributed by atoms with Crippen molar-refractivity contribution in [2.45, 2.75) is 51.6 Å². The molecule has 0 fully saturated rings. The van der Waals surface area contributed by atoms with Crippen LogP contribution in [0.25, 0.3) is 0 Å². The quantitative estimate of drug-likeness (QED) is 0.337. The van der Waals surface area contributed by atoms with Crippen LogP contribution in [0.4, 0.5) is 5.69 Å². The zero-order valence-electron chi connectivity index (χ0n) is 23.0. The number of amides is 2. The number of carbonyl (C=O) groups excluding carboxylic acids is 2. The summed E-state index contributed by atoms with van der Waals surface area (Å²) in [4.78, 5) is 28.4. The zero-order chi connectivity index (χ0) is 28.4. The highest BCUT2D eigenvalue weighted by Gasteiger charge is 2.32. The lowest BCUT2D eigenvalue weighted by Gasteiger charge is -2.32. The Hall–Kier alpha value is -3.85. The summed E-state index contributed by atoms with van der Waals surface area (Å²) in [5, 5.41) is 2.85. The highest BCUT2D eigenvalue weighted by molar-refractivity contribution is 7.92. The topological polar surface area (TPSA) is 96.0 Å². The van der Waals surface area contributed by atoms with Crippen LogP contribution in [0.15, 0.2) is 83.8 Å². The van der Waals surface area contributed by atoms with Gasteiger partial charge in [0.1, 0.15) is 18.3 Å². The third kappa shape index (κ3) is 7.60. The van der Waals surface area contributed by atoms with Gasteiger partial charge in [-0.05, 0) is 74.7 Å². The van der Waals surface area contributed by atoms with Crippen LogP contribution in [-0.4, -0.2) is 50.9 Å². The second-order valence-corrected chi connectivity index (χ2v) is 11.0. The van der Waals surface area contributed by atoms with Crippen molar-refractivity contribution in [3.8, 4) is 5.75 Å². The number of nitrogens with zero attached hydrogens (tertiary/aromatic N) is 2. The average Bonchev–Trinajstić information content (AvgIpc) is 2.94. The first-order valence-corrected chi connectivity index (χ1v) is 14.5. The number of ether oxygens (including phenoxy) is 1. The number of carbonyl (C=O) groups is 2. The maximum absolute atomic E-state index is 13.9. The molecule has 9 heteroatoms. The Morgan fingerprint density at radius 1 is 0.923 bits per heavy atom. The van der Waals surface area contributed by atoms with Crippen LogP contribution < -0.4 is 14.4 Å². The fourth-order valence-corrected chi connectivity index (χ4v) is 5.51. The molecule has 1 N–H and O–H groups in total. The van der Waals surface area contributed by atoms with Crippen LogP contribution in [0.3, 0.4) is 0 Å². The van der Waals surface area contributed by atoms with Gasteiger partial charge in [-0.1, -0.05) is 49.4 Å². The van der Waals surface area contributed by atoms with Crippen molar-refractivity contribution >= 4 is 27.5 Å². The molecule has 1 atom stereocenters. The third-order valence-corrected chi connectivity index (χ3v) is 8.15. The standard InChI is InChI=1S/C30H37N3O5S/c1-5-20-31-30(35)24(4)32(21-25-13-11-10-12-23(25)3)29(34)22-33(26-16-18-27(19-17-26)38-6-2)39(36,37)28-14-8-7-9-15-28/h7-19,24H,5-6,20-22H2,1-4H3,(H,31,35)/t24-/m1/s1. The van der Waals surface area contributed by atoms with Gasteiger partial charge in [0.15, 0.2) is 0 Å². The van der Waals surface area contributed by atoms with Crippen molar-refractivity contribution < 1.29 is 22.7 Å². The molecule has 39 heavy (non-hydrogen) atoms. The lowest BCUT2D eigenvalue weighted by Crippen LogP contribution is -2.51. The molecule has 0 unspecified atom stereocenters. The summed E-state index contributed by atoms with van der Waals surface area (Å²) in [7, 11) is -4.10. The van der Waals surface area contributed by atoms with E-state index >= 15 is 0 Å². The molecule has 3 aromatic carbocycles. The van der Waals surface area contributed by atoms with Crippen molar-refractivity contribution in [3.05, 3.63) is 90.0 Å². The highest BCUT2D eigenvalue weighted by atomic mass is 32.2. The molecule has 208 valence electrons. The summed E-state index contributed by atoms with van der Waals surface area (Å²) in [6.45, 7) is 8.03. The highest BCUT2D eigenvalue weighted by Crippen LogP contribution is 2.26. The maximum atomic E-state index is 13.9. The lowest BCUT2D eigenvalue weighted by atomic mass is 10.1. The van der Waals surface area contributed by atoms with Gasteiger partial charge in [-0.25, -0.2) is 8.42 Å². The van der Waals surface area contributed by atoms with Crippen LogP contribution in [0, 0.1) is 6.92 Å². The number of hydrogen-bond acceptors (Lipinski definition) is 5. The monoisotopic (exact) mass is 551 g/mol. The average molecular weight is 552 g/mol. The molecule has 0 saturated carbocycles. The molecular formula is C30H37N3O5S. The van der Waals surface area contributed by atoms with E-state index in [9.17, 15) is 18.0 Å². The third-order valence-electron chi connectivity index (χ3n) is 6.36. The van der Waals surface area contributed by atoms with Crippen LogP contribution in [0.5, 0.6) is 5.75 Å². The molecule has 2 amide bonds. The fourth-order valence-electron chi connectivity index (χ4n) is 4.07. The molecule has 3 aromatic rings. The van der Waals surface area contributed by atoms with Gasteiger partial charge < -0.3 is 15.0 Å². The van der Waals surface area contributed by atoms with E-state index < -0.39 is 28.5 Å². The van der Waals surface area contributed by atoms with Gasteiger partial charge in [0.25, 0.3) is 10.0 Å². The van der Waals surface area contributed by atoms with Crippen LogP contribution in [-0.2, 0) is 26.2 Å². The van der Waals surface area contributed by atoms with E-state index in [1.165, 1.54) is 17.0 Å². The van der Waals surface area contributed by atoms with Gasteiger partial charge in [0.05, 0.1) is 17.2 Å². The Morgan fingerprint density at radius 2 is 1.56 bits per heavy atom. The molecule has 0 aromatic heterocycles. The first kappa shape index (κ1) is 29.7. The summed E-state index contributed by atoms with van der Waals surface area (Å²) in [5.41, 5.74) is 2.16. The van der Waals surface area contributed by atoms with Gasteiger partial charge in [-0.2, -0.15) is 0 Å². The first-order valence-electron chi connectivity index (χ1n) is 13.1. The molecule has 0 spiro atoms. The van der Waals surface area contributed by atoms with Gasteiger partial charge in [0.2, 0.25) is 11.8 Å². The van der Waals surface area contributed by atoms with Crippen LogP contribution >= 0.6 is 0 Å². The number of nitrogens with one attached hydrogen (secondary N) is 1. The molecule has 0 saturated heterocycles. The Morgan fingerprint density at radius 3 is 2.18 bits per heavy atom. The number of rotatable bonds is 13. The SMILES string of the molecule is CCCNC(=O)[C@@H](C)N(Cc1ccccc1C)C(=O)CN(c1ccc(OCC)cc1)S(=O)(=O)c1ccccc1. The van der Waals surface area contributed by atoms with Crippen LogP contribution in [0.1, 0.15) is 38.3 Å². The summed E-state index contributed by atoms with van der Waals surface area (Å²) < 4.78 is 34.2. The number of anilines is 1. The van der Waals surface area contributed by atoms with Crippen molar-refractivity contribution in [3.63, 3.8) is 0 Å². The predicted octanol–water partition coefficient (Wildman–Crippen LogP) is 4.53. The molecule has 0 aliphatic carbocycles. The van der Waals surface area contributed by atoms with E-state index in [0.29, 0.717) is 24.6 Å². The second kappa shape index (κ2) is 13.8. The Balaban J connectivity index is 2.01. The van der Waals surface area contributed by atoms with E-state index in [1.54, 1.807) is 49.4 Å². The number of sulfonamides is 1. The normalized spacial score (nSPS) is 11.9. The summed E-state index contributed by atoms with van der Waals surface area (Å²) in [6.07, 6.45) is 0.755. The van der Waals surface area contributed by atoms with Gasteiger partial charge in [0, 0.05) is 13.1 Å². The molecule has 0 aliphatic heterocycles. The Labute approximate surface area is 231 Å². The minimum atomic E-state index is -4.10. The lowest BCUT2D eigenvalue weighted by molar-refractivity contribution is -0.139. The largest absolute Gasteiger partial charge is 0.494 e. The number of aryl methyl sites for hydroxylation is 1. The van der Waals surface area contributed by atoms with E-state index in [4.69, 9.17) is 4.74 Å². The smallest absolute Gasteiger partial charge is 0.264 e. The number of benzene rings is 3. The molecule has 0 bridgehead atoms. The van der Waals surface area contributed by atoms with E-state index in [2.05, 4.69) is 5.32 Å². The molecule has 0 radical (unpaired) electrons. The predicted molar refractivity (Wildman–Crippen MR) is 153 cm³/mol. The maximum Gasteiger partial charge on any atom is 0.264 e. The molecule has 3 rings (SSSR count). The first-order chi connectivity index (χ1) is 18.7. The Kier molecular flexibility index (Phi) is 10.5. The molecule has 0 heterocycles. The van der Waals surface area contributed by atoms with Gasteiger partial charge in [-0.15, -0.1) is 0 Å². The second-order valence-electron chi connectivity index (χ2n) is 9.17. The summed E-state index contributed by atoms with van der Waals surface area (Å²) in [5.74, 6) is -0.199. The van der Waals surface area contributed by atoms with Crippen molar-refractivity contribution in [1.82, 2.24) is 10.2 Å². The number of hydrogen-bond donors (Lipinski definition) is 1. The molecule has 0 aliphatic rings. The Bertz CT molecular complexity index is 1340. The van der Waals surface area contributed by atoms with Gasteiger partial charge in [-0.3, -0.25) is 13.9 Å².